The molecule has 0 radical (unpaired) electrons. The molecule has 27 heavy (non-hydrogen) atoms. The number of nitrogens with zero attached hydrogens (tertiary/aromatic N) is 2. The molecular weight excluding hydrogens is 451 g/mol. The Kier molecular flexibility index (Phi) is 9.32. The lowest BCUT2D eigenvalue weighted by Crippen LogP contribution is -2.46. The van der Waals surface area contributed by atoms with E-state index in [1.165, 1.54) is 36.9 Å². The third kappa shape index (κ3) is 6.32. The Labute approximate surface area is 181 Å². The Balaban J connectivity index is 0.00000261. The molecule has 2 fully saturated rings. The minimum absolute atomic E-state index is 0. The fraction of sp³-hybridized carbons (Fsp3) is 0.667. The van der Waals surface area contributed by atoms with Crippen LogP contribution in [0.1, 0.15) is 42.9 Å². The van der Waals surface area contributed by atoms with Crippen LogP contribution in [0.5, 0.6) is 0 Å². The van der Waals surface area contributed by atoms with Gasteiger partial charge in [-0.15, -0.1) is 24.0 Å². The molecule has 6 heteroatoms. The van der Waals surface area contributed by atoms with Crippen LogP contribution in [0.15, 0.2) is 29.3 Å². The van der Waals surface area contributed by atoms with Crippen LogP contribution < -0.4 is 10.6 Å². The van der Waals surface area contributed by atoms with Crippen molar-refractivity contribution in [2.45, 2.75) is 44.8 Å². The number of aryl methyl sites for hydroxylation is 1. The first-order chi connectivity index (χ1) is 12.7. The Morgan fingerprint density at radius 1 is 1.15 bits per heavy atom. The highest BCUT2D eigenvalue weighted by Crippen LogP contribution is 2.33. The van der Waals surface area contributed by atoms with Gasteiger partial charge < -0.3 is 20.3 Å². The maximum atomic E-state index is 6.13. The number of aliphatic imine (C=N–C) groups is 1. The summed E-state index contributed by atoms with van der Waals surface area (Å²) in [5.74, 6) is 1.37. The lowest BCUT2D eigenvalue weighted by atomic mass is 9.89. The third-order valence-electron chi connectivity index (χ3n) is 5.78. The van der Waals surface area contributed by atoms with Crippen LogP contribution in [0.25, 0.3) is 0 Å². The molecule has 0 amide bonds. The molecule has 152 valence electrons. The maximum absolute atomic E-state index is 6.13. The molecule has 0 aromatic heterocycles. The second-order valence-corrected chi connectivity index (χ2v) is 7.72. The summed E-state index contributed by atoms with van der Waals surface area (Å²) >= 11 is 0. The van der Waals surface area contributed by atoms with Gasteiger partial charge >= 0.3 is 0 Å². The molecule has 5 nitrogen and oxygen atoms in total. The highest BCUT2D eigenvalue weighted by atomic mass is 127. The topological polar surface area (TPSA) is 48.9 Å². The van der Waals surface area contributed by atoms with Crippen molar-refractivity contribution in [1.29, 1.82) is 0 Å². The van der Waals surface area contributed by atoms with Gasteiger partial charge in [-0.05, 0) is 51.8 Å². The van der Waals surface area contributed by atoms with E-state index in [1.807, 2.05) is 7.05 Å². The van der Waals surface area contributed by atoms with Gasteiger partial charge in [0.05, 0.1) is 6.10 Å². The number of ether oxygens (including phenoxy) is 1. The molecule has 0 saturated carbocycles. The monoisotopic (exact) mass is 486 g/mol. The molecule has 2 aliphatic rings. The van der Waals surface area contributed by atoms with Crippen LogP contribution in [-0.4, -0.2) is 57.2 Å². The lowest BCUT2D eigenvalue weighted by Gasteiger charge is -2.33. The summed E-state index contributed by atoms with van der Waals surface area (Å²) in [4.78, 5) is 6.84. The minimum Gasteiger partial charge on any atom is -0.373 e. The van der Waals surface area contributed by atoms with E-state index >= 15 is 0 Å². The Bertz CT molecular complexity index is 592. The van der Waals surface area contributed by atoms with Crippen LogP contribution in [0.4, 0.5) is 0 Å². The van der Waals surface area contributed by atoms with E-state index in [4.69, 9.17) is 4.74 Å². The van der Waals surface area contributed by atoms with E-state index in [0.717, 1.165) is 32.1 Å². The zero-order valence-electron chi connectivity index (χ0n) is 16.9. The Morgan fingerprint density at radius 2 is 1.89 bits per heavy atom. The molecular formula is C21H35IN4O. The quantitative estimate of drug-likeness (QED) is 0.381. The maximum Gasteiger partial charge on any atom is 0.191 e. The molecule has 1 aromatic carbocycles. The smallest absolute Gasteiger partial charge is 0.191 e. The summed E-state index contributed by atoms with van der Waals surface area (Å²) in [6.07, 6.45) is 5.07. The van der Waals surface area contributed by atoms with Crippen molar-refractivity contribution >= 4 is 29.9 Å². The fourth-order valence-electron chi connectivity index (χ4n) is 4.08. The van der Waals surface area contributed by atoms with Crippen molar-refractivity contribution in [2.75, 3.05) is 40.3 Å². The summed E-state index contributed by atoms with van der Waals surface area (Å²) in [7, 11) is 4.06. The molecule has 2 N–H and O–H groups in total. The first kappa shape index (κ1) is 22.4. The largest absolute Gasteiger partial charge is 0.373 e. The first-order valence-corrected chi connectivity index (χ1v) is 10.0. The zero-order valence-corrected chi connectivity index (χ0v) is 19.2. The molecule has 0 spiro atoms. The van der Waals surface area contributed by atoms with E-state index in [-0.39, 0.29) is 30.1 Å². The minimum atomic E-state index is 0. The van der Waals surface area contributed by atoms with Crippen LogP contribution in [0.2, 0.25) is 0 Å². The van der Waals surface area contributed by atoms with Crippen molar-refractivity contribution in [1.82, 2.24) is 15.5 Å². The summed E-state index contributed by atoms with van der Waals surface area (Å²) in [5, 5.41) is 7.03. The predicted octanol–water partition coefficient (Wildman–Crippen LogP) is 3.34. The molecule has 0 bridgehead atoms. The molecule has 2 aliphatic heterocycles. The lowest BCUT2D eigenvalue weighted by molar-refractivity contribution is -0.0265. The molecule has 0 aliphatic carbocycles. The average Bonchev–Trinajstić information content (AvgIpc) is 3.08. The van der Waals surface area contributed by atoms with Crippen molar-refractivity contribution in [2.24, 2.45) is 10.9 Å². The van der Waals surface area contributed by atoms with E-state index in [9.17, 15) is 0 Å². The van der Waals surface area contributed by atoms with E-state index in [0.29, 0.717) is 12.0 Å². The summed E-state index contributed by atoms with van der Waals surface area (Å²) in [6, 6.07) is 9.39. The summed E-state index contributed by atoms with van der Waals surface area (Å²) in [5.41, 5.74) is 2.58. The van der Waals surface area contributed by atoms with Crippen LogP contribution in [0.3, 0.4) is 0 Å². The van der Waals surface area contributed by atoms with Crippen molar-refractivity contribution in [3.63, 3.8) is 0 Å². The van der Waals surface area contributed by atoms with Gasteiger partial charge in [0.15, 0.2) is 5.96 Å². The number of rotatable bonds is 5. The second kappa shape index (κ2) is 11.2. The molecule has 3 atom stereocenters. The number of benzene rings is 1. The van der Waals surface area contributed by atoms with E-state index in [1.54, 1.807) is 0 Å². The number of nitrogens with one attached hydrogen (secondary N) is 2. The summed E-state index contributed by atoms with van der Waals surface area (Å²) in [6.45, 7) is 6.03. The number of likely N-dealkylation sites (tertiary alicyclic amines) is 1. The molecule has 3 unspecified atom stereocenters. The normalized spacial score (nSPS) is 26.5. The van der Waals surface area contributed by atoms with Gasteiger partial charge in [0.2, 0.25) is 0 Å². The van der Waals surface area contributed by atoms with Gasteiger partial charge in [0.25, 0.3) is 0 Å². The van der Waals surface area contributed by atoms with E-state index in [2.05, 4.69) is 58.8 Å². The Morgan fingerprint density at radius 3 is 2.56 bits per heavy atom. The SMILES string of the molecule is CN=C(NCC1CCCOC1c1ccc(C)cc1)NCC1CCCN1C.I. The predicted molar refractivity (Wildman–Crippen MR) is 123 cm³/mol. The first-order valence-electron chi connectivity index (χ1n) is 10.0. The van der Waals surface area contributed by atoms with Crippen molar-refractivity contribution in [3.8, 4) is 0 Å². The van der Waals surface area contributed by atoms with Gasteiger partial charge in [0.1, 0.15) is 0 Å². The number of likely N-dealkylation sites (N-methyl/N-ethyl adjacent to an activating group) is 1. The number of hydrogen-bond acceptors (Lipinski definition) is 3. The molecule has 3 rings (SSSR count). The zero-order chi connectivity index (χ0) is 18.4. The van der Waals surface area contributed by atoms with Crippen molar-refractivity contribution < 1.29 is 4.74 Å². The number of halogens is 1. The van der Waals surface area contributed by atoms with Gasteiger partial charge in [-0.1, -0.05) is 29.8 Å². The molecule has 1 aromatic rings. The van der Waals surface area contributed by atoms with Crippen LogP contribution >= 0.6 is 24.0 Å². The molecule has 2 heterocycles. The van der Waals surface area contributed by atoms with Gasteiger partial charge in [-0.2, -0.15) is 0 Å². The highest BCUT2D eigenvalue weighted by Gasteiger charge is 2.27. The van der Waals surface area contributed by atoms with Gasteiger partial charge in [-0.3, -0.25) is 4.99 Å². The van der Waals surface area contributed by atoms with Crippen LogP contribution in [-0.2, 0) is 4.74 Å². The Hall–Kier alpha value is -0.860. The van der Waals surface area contributed by atoms with Crippen LogP contribution in [0, 0.1) is 12.8 Å². The third-order valence-corrected chi connectivity index (χ3v) is 5.78. The summed E-state index contributed by atoms with van der Waals surface area (Å²) < 4.78 is 6.13. The second-order valence-electron chi connectivity index (χ2n) is 7.72. The van der Waals surface area contributed by atoms with Crippen molar-refractivity contribution in [3.05, 3.63) is 35.4 Å². The molecule has 2 saturated heterocycles. The number of hydrogen-bond donors (Lipinski definition) is 2. The van der Waals surface area contributed by atoms with Gasteiger partial charge in [0, 0.05) is 38.7 Å². The standard InChI is InChI=1S/C21H34N4O.HI/c1-16-8-10-17(11-9-16)20-18(6-5-13-26-20)14-23-21(22-2)24-15-19-7-4-12-25(19)3;/h8-11,18-20H,4-7,12-15H2,1-3H3,(H2,22,23,24);1H. The van der Waals surface area contributed by atoms with Gasteiger partial charge in [-0.25, -0.2) is 0 Å². The fourth-order valence-corrected chi connectivity index (χ4v) is 4.08. The van der Waals surface area contributed by atoms with E-state index < -0.39 is 0 Å². The number of guanidine groups is 1. The average molecular weight is 486 g/mol. The highest BCUT2D eigenvalue weighted by molar-refractivity contribution is 14.0.